The molecule has 0 aliphatic heterocycles. The predicted octanol–water partition coefficient (Wildman–Crippen LogP) is 3.74. The number of nitrogens with two attached hydrogens (primary N) is 1. The van der Waals surface area contributed by atoms with Gasteiger partial charge in [-0.25, -0.2) is 9.97 Å². The number of nitrogens with one attached hydrogen (secondary N) is 2. The number of nitrogens with zero attached hydrogens (tertiary/aromatic N) is 3. The van der Waals surface area contributed by atoms with E-state index in [4.69, 9.17) is 10.5 Å². The number of rotatable bonds is 3. The number of imidazole rings is 2. The molecule has 7 nitrogen and oxygen atoms in total. The van der Waals surface area contributed by atoms with Crippen LogP contribution in [0, 0.1) is 0 Å². The molecular weight excluding hydrogens is 349 g/mol. The van der Waals surface area contributed by atoms with Crippen molar-refractivity contribution in [1.29, 1.82) is 0 Å². The minimum Gasteiger partial charge on any atom is -0.457 e. The van der Waals surface area contributed by atoms with Crippen LogP contribution in [0.5, 0.6) is 11.5 Å². The fraction of sp³-hybridized carbons (Fsp3) is 0.0625. The van der Waals surface area contributed by atoms with E-state index in [1.807, 2.05) is 0 Å². The lowest BCUT2D eigenvalue weighted by Crippen LogP contribution is -2.04. The molecule has 0 atom stereocenters. The van der Waals surface area contributed by atoms with Crippen molar-refractivity contribution < 1.29 is 17.9 Å². The Morgan fingerprint density at radius 3 is 2.58 bits per heavy atom. The number of ether oxygens (including phenoxy) is 1. The smallest absolute Gasteiger partial charge is 0.432 e. The first-order valence-electron chi connectivity index (χ1n) is 7.40. The lowest BCUT2D eigenvalue weighted by Gasteiger charge is -2.06. The van der Waals surface area contributed by atoms with Gasteiger partial charge in [0.05, 0.1) is 17.2 Å². The number of H-pyrrole nitrogens is 2. The molecule has 0 aliphatic rings. The van der Waals surface area contributed by atoms with E-state index in [0.29, 0.717) is 28.5 Å². The molecule has 1 aromatic carbocycles. The molecule has 26 heavy (non-hydrogen) atoms. The molecule has 0 unspecified atom stereocenters. The van der Waals surface area contributed by atoms with Crippen LogP contribution < -0.4 is 10.5 Å². The maximum atomic E-state index is 12.7. The minimum atomic E-state index is -4.50. The molecule has 0 saturated heterocycles. The van der Waals surface area contributed by atoms with Gasteiger partial charge in [0.2, 0.25) is 0 Å². The number of benzene rings is 1. The van der Waals surface area contributed by atoms with Gasteiger partial charge in [0.1, 0.15) is 22.9 Å². The maximum Gasteiger partial charge on any atom is 0.432 e. The topological polar surface area (TPSA) is 106 Å². The number of fused-ring (bicyclic) bond motifs is 1. The summed E-state index contributed by atoms with van der Waals surface area (Å²) in [7, 11) is 0. The summed E-state index contributed by atoms with van der Waals surface area (Å²) in [6, 6.07) is 8.24. The van der Waals surface area contributed by atoms with Crippen LogP contribution in [0.25, 0.3) is 22.6 Å². The number of aromatic amines is 2. The van der Waals surface area contributed by atoms with E-state index in [1.165, 1.54) is 12.3 Å². The summed E-state index contributed by atoms with van der Waals surface area (Å²) in [4.78, 5) is 16.9. The van der Waals surface area contributed by atoms with Crippen molar-refractivity contribution in [1.82, 2.24) is 24.9 Å². The first kappa shape index (κ1) is 15.9. The average molecular weight is 360 g/mol. The first-order chi connectivity index (χ1) is 12.4. The van der Waals surface area contributed by atoms with E-state index in [2.05, 4.69) is 24.9 Å². The van der Waals surface area contributed by atoms with Crippen LogP contribution in [0.1, 0.15) is 5.69 Å². The summed E-state index contributed by atoms with van der Waals surface area (Å²) in [5.74, 6) is 1.20. The monoisotopic (exact) mass is 360 g/mol. The lowest BCUT2D eigenvalue weighted by molar-refractivity contribution is -0.140. The molecule has 0 aliphatic carbocycles. The lowest BCUT2D eigenvalue weighted by atomic mass is 10.3. The highest BCUT2D eigenvalue weighted by atomic mass is 19.4. The number of alkyl halides is 3. The maximum absolute atomic E-state index is 12.7. The highest BCUT2D eigenvalue weighted by Gasteiger charge is 2.33. The Hall–Kier alpha value is -3.56. The summed E-state index contributed by atoms with van der Waals surface area (Å²) in [5, 5.41) is 0. The van der Waals surface area contributed by atoms with Crippen molar-refractivity contribution in [3.05, 3.63) is 48.4 Å². The second-order valence-corrected chi connectivity index (χ2v) is 5.42. The van der Waals surface area contributed by atoms with E-state index >= 15 is 0 Å². The molecule has 0 amide bonds. The summed E-state index contributed by atoms with van der Waals surface area (Å²) in [6.07, 6.45) is -2.35. The van der Waals surface area contributed by atoms with Crippen molar-refractivity contribution >= 4 is 17.0 Å². The van der Waals surface area contributed by atoms with Gasteiger partial charge in [-0.05, 0) is 18.2 Å². The van der Waals surface area contributed by atoms with Gasteiger partial charge in [-0.15, -0.1) is 0 Å². The van der Waals surface area contributed by atoms with Crippen LogP contribution >= 0.6 is 0 Å². The third-order valence-electron chi connectivity index (χ3n) is 3.56. The zero-order valence-electron chi connectivity index (χ0n) is 13.0. The fourth-order valence-electron chi connectivity index (χ4n) is 2.41. The highest BCUT2D eigenvalue weighted by molar-refractivity contribution is 5.78. The number of nitrogen functional groups attached to an aromatic ring is 1. The zero-order chi connectivity index (χ0) is 18.3. The molecule has 0 saturated carbocycles. The third-order valence-corrected chi connectivity index (χ3v) is 3.56. The van der Waals surface area contributed by atoms with Crippen molar-refractivity contribution in [2.45, 2.75) is 6.18 Å². The standard InChI is InChI=1S/C16H11F3N6O/c17-16(18,19)13-7-22-14(25-13)12-6-9(3-4-21-12)26-8-1-2-10-11(5-8)24-15(20)23-10/h1-7H,(H,22,25)(H3,20,23,24). The van der Waals surface area contributed by atoms with Crippen molar-refractivity contribution in [2.24, 2.45) is 0 Å². The number of hydrogen-bond donors (Lipinski definition) is 3. The Labute approximate surface area is 144 Å². The Bertz CT molecular complexity index is 1080. The van der Waals surface area contributed by atoms with Gasteiger partial charge in [-0.2, -0.15) is 13.2 Å². The number of pyridine rings is 1. The SMILES string of the molecule is Nc1nc2ccc(Oc3ccnc(-c4ncc(C(F)(F)F)[nH]4)c3)cc2[nH]1. The molecule has 4 aromatic rings. The number of hydrogen-bond acceptors (Lipinski definition) is 5. The molecule has 0 radical (unpaired) electrons. The molecule has 0 fully saturated rings. The summed E-state index contributed by atoms with van der Waals surface area (Å²) < 4.78 is 43.8. The average Bonchev–Trinajstić information content (AvgIpc) is 3.20. The summed E-state index contributed by atoms with van der Waals surface area (Å²) >= 11 is 0. The van der Waals surface area contributed by atoms with E-state index in [1.54, 1.807) is 24.3 Å². The minimum absolute atomic E-state index is 0.000399. The second-order valence-electron chi connectivity index (χ2n) is 5.42. The van der Waals surface area contributed by atoms with E-state index in [-0.39, 0.29) is 11.5 Å². The molecule has 3 heterocycles. The number of aromatic nitrogens is 5. The van der Waals surface area contributed by atoms with Gasteiger partial charge in [-0.3, -0.25) is 4.98 Å². The normalized spacial score (nSPS) is 11.8. The Morgan fingerprint density at radius 2 is 1.81 bits per heavy atom. The Balaban J connectivity index is 1.61. The molecule has 4 N–H and O–H groups in total. The Morgan fingerprint density at radius 1 is 1.00 bits per heavy atom. The van der Waals surface area contributed by atoms with Crippen LogP contribution in [-0.4, -0.2) is 24.9 Å². The fourth-order valence-corrected chi connectivity index (χ4v) is 2.41. The van der Waals surface area contributed by atoms with Gasteiger partial charge >= 0.3 is 6.18 Å². The second kappa shape index (κ2) is 5.76. The van der Waals surface area contributed by atoms with Crippen LogP contribution in [0.15, 0.2) is 42.7 Å². The largest absolute Gasteiger partial charge is 0.457 e. The predicted molar refractivity (Wildman–Crippen MR) is 87.4 cm³/mol. The van der Waals surface area contributed by atoms with Crippen LogP contribution in [-0.2, 0) is 6.18 Å². The van der Waals surface area contributed by atoms with Gasteiger partial charge in [0.25, 0.3) is 0 Å². The van der Waals surface area contributed by atoms with Crippen LogP contribution in [0.3, 0.4) is 0 Å². The van der Waals surface area contributed by atoms with Crippen molar-refractivity contribution in [2.75, 3.05) is 5.73 Å². The molecule has 4 rings (SSSR count). The molecule has 3 aromatic heterocycles. The van der Waals surface area contributed by atoms with Gasteiger partial charge in [0, 0.05) is 18.3 Å². The van der Waals surface area contributed by atoms with Gasteiger partial charge < -0.3 is 20.4 Å². The van der Waals surface area contributed by atoms with Crippen molar-refractivity contribution in [3.8, 4) is 23.0 Å². The third kappa shape index (κ3) is 3.04. The van der Waals surface area contributed by atoms with Crippen molar-refractivity contribution in [3.63, 3.8) is 0 Å². The highest BCUT2D eigenvalue weighted by Crippen LogP contribution is 2.30. The summed E-state index contributed by atoms with van der Waals surface area (Å²) in [5.41, 5.74) is 6.29. The molecular formula is C16H11F3N6O. The van der Waals surface area contributed by atoms with E-state index < -0.39 is 11.9 Å². The van der Waals surface area contributed by atoms with Gasteiger partial charge in [-0.1, -0.05) is 0 Å². The molecule has 0 bridgehead atoms. The quantitative estimate of drug-likeness (QED) is 0.516. The number of anilines is 1. The van der Waals surface area contributed by atoms with Crippen LogP contribution in [0.4, 0.5) is 19.1 Å². The molecule has 10 heteroatoms. The van der Waals surface area contributed by atoms with E-state index in [0.717, 1.165) is 6.20 Å². The summed E-state index contributed by atoms with van der Waals surface area (Å²) in [6.45, 7) is 0. The zero-order valence-corrected chi connectivity index (χ0v) is 13.0. The molecule has 0 spiro atoms. The van der Waals surface area contributed by atoms with Crippen LogP contribution in [0.2, 0.25) is 0 Å². The Kier molecular flexibility index (Phi) is 3.53. The molecule has 132 valence electrons. The first-order valence-corrected chi connectivity index (χ1v) is 7.40. The number of halogens is 3. The van der Waals surface area contributed by atoms with E-state index in [9.17, 15) is 13.2 Å². The van der Waals surface area contributed by atoms with Gasteiger partial charge in [0.15, 0.2) is 11.8 Å².